The summed E-state index contributed by atoms with van der Waals surface area (Å²) in [6.07, 6.45) is 15.8. The van der Waals surface area contributed by atoms with Crippen molar-refractivity contribution in [2.75, 3.05) is 6.61 Å². The summed E-state index contributed by atoms with van der Waals surface area (Å²) in [5.41, 5.74) is 3.16. The molecule has 0 aliphatic heterocycles. The Morgan fingerprint density at radius 3 is 2.25 bits per heavy atom. The van der Waals surface area contributed by atoms with Crippen molar-refractivity contribution in [3.05, 3.63) is 42.2 Å². The molecule has 0 amide bonds. The molecule has 1 aromatic rings. The molecule has 0 bridgehead atoms. The molecule has 0 radical (unpaired) electrons. The average Bonchev–Trinajstić information content (AvgIpc) is 3.32. The molecule has 3 N–H and O–H groups in total. The van der Waals surface area contributed by atoms with Crippen LogP contribution in [0.2, 0.25) is 0 Å². The van der Waals surface area contributed by atoms with Crippen LogP contribution < -0.4 is 4.57 Å². The van der Waals surface area contributed by atoms with Crippen molar-refractivity contribution in [3.8, 4) is 0 Å². The minimum Gasteiger partial charge on any atom is -0.396 e. The SMILES string of the molecule is C=C(C[n+]1ccc(CO)cc1)C1CC[C@]2(CO)CC[C@]3(C)C(CCC4[C@@]5(C)CC[C@H](O)C(C)(C)C5CC[C@]43C)C12. The Kier molecular flexibility index (Phi) is 6.96. The highest BCUT2D eigenvalue weighted by Gasteiger charge is 2.70. The Labute approximate surface area is 243 Å². The van der Waals surface area contributed by atoms with E-state index in [1.807, 2.05) is 12.1 Å². The molecule has 0 spiro atoms. The Bertz CT molecular complexity index is 1130. The number of aliphatic hydroxyl groups excluding tert-OH is 3. The molecule has 222 valence electrons. The van der Waals surface area contributed by atoms with Crippen LogP contribution in [0.5, 0.6) is 0 Å². The minimum atomic E-state index is -0.176. The van der Waals surface area contributed by atoms with Crippen LogP contribution >= 0.6 is 0 Å². The second-order valence-electron chi connectivity index (χ2n) is 16.4. The minimum absolute atomic E-state index is 0.00791. The third-order valence-corrected chi connectivity index (χ3v) is 15.0. The highest BCUT2D eigenvalue weighted by Crippen LogP contribution is 2.77. The maximum absolute atomic E-state index is 11.0. The van der Waals surface area contributed by atoms with Crippen LogP contribution in [0.25, 0.3) is 0 Å². The van der Waals surface area contributed by atoms with Gasteiger partial charge in [-0.2, -0.15) is 0 Å². The Hall–Kier alpha value is -1.23. The number of aromatic nitrogens is 1. The molecule has 4 nitrogen and oxygen atoms in total. The van der Waals surface area contributed by atoms with Crippen LogP contribution in [-0.2, 0) is 13.2 Å². The molecule has 1 aromatic heterocycles. The van der Waals surface area contributed by atoms with Gasteiger partial charge in [-0.05, 0) is 132 Å². The average molecular weight is 551 g/mol. The van der Waals surface area contributed by atoms with E-state index in [2.05, 4.69) is 51.6 Å². The summed E-state index contributed by atoms with van der Waals surface area (Å²) >= 11 is 0. The van der Waals surface area contributed by atoms with Gasteiger partial charge in [-0.25, -0.2) is 4.57 Å². The van der Waals surface area contributed by atoms with Gasteiger partial charge in [0.2, 0.25) is 0 Å². The molecule has 1 heterocycles. The first kappa shape index (κ1) is 28.9. The summed E-state index contributed by atoms with van der Waals surface area (Å²) in [7, 11) is 0. The molecule has 0 saturated heterocycles. The maximum Gasteiger partial charge on any atom is 0.169 e. The number of pyridine rings is 1. The van der Waals surface area contributed by atoms with E-state index in [0.29, 0.717) is 47.0 Å². The van der Waals surface area contributed by atoms with Crippen LogP contribution in [0, 0.1) is 56.7 Å². The van der Waals surface area contributed by atoms with Crippen molar-refractivity contribution < 1.29 is 19.9 Å². The highest BCUT2D eigenvalue weighted by atomic mass is 16.3. The summed E-state index contributed by atoms with van der Waals surface area (Å²) in [6, 6.07) is 4.00. The number of aliphatic hydroxyl groups is 3. The van der Waals surface area contributed by atoms with Gasteiger partial charge in [0.05, 0.1) is 12.7 Å². The third kappa shape index (κ3) is 3.83. The lowest BCUT2D eigenvalue weighted by Gasteiger charge is -2.73. The standard InChI is InChI=1S/C36H56NO3/c1-24(21-37-19-12-25(22-38)13-20-37)26-9-16-36(23-39)18-17-34(5)27(31(26)36)7-8-29-33(4)14-11-30(40)32(2,3)28(33)10-15-35(29,34)6/h12-13,19-20,26-31,38-40H,1,7-11,14-18,21-23H2,2-6H3/q+1/t26?,27?,28?,29?,30-,31?,33-,34+,35+,36+/m0/s1. The van der Waals surface area contributed by atoms with Crippen molar-refractivity contribution in [3.63, 3.8) is 0 Å². The predicted octanol–water partition coefficient (Wildman–Crippen LogP) is 6.46. The summed E-state index contributed by atoms with van der Waals surface area (Å²) < 4.78 is 2.21. The maximum atomic E-state index is 11.0. The normalized spacial score (nSPS) is 47.5. The first-order chi connectivity index (χ1) is 18.9. The van der Waals surface area contributed by atoms with Gasteiger partial charge in [0, 0.05) is 18.7 Å². The lowest BCUT2D eigenvalue weighted by molar-refractivity contribution is -0.689. The van der Waals surface area contributed by atoms with Crippen molar-refractivity contribution in [1.82, 2.24) is 0 Å². The third-order valence-electron chi connectivity index (χ3n) is 15.0. The molecule has 5 fully saturated rings. The molecule has 0 aromatic carbocycles. The Morgan fingerprint density at radius 2 is 1.57 bits per heavy atom. The van der Waals surface area contributed by atoms with Gasteiger partial charge in [-0.3, -0.25) is 0 Å². The van der Waals surface area contributed by atoms with Crippen molar-refractivity contribution >= 4 is 0 Å². The van der Waals surface area contributed by atoms with E-state index >= 15 is 0 Å². The number of allylic oxidation sites excluding steroid dienone is 1. The molecule has 5 unspecified atom stereocenters. The zero-order valence-electron chi connectivity index (χ0n) is 26.0. The summed E-state index contributed by atoms with van der Waals surface area (Å²) in [5.74, 6) is 2.89. The number of fused-ring (bicyclic) bond motifs is 7. The number of nitrogens with zero attached hydrogens (tertiary/aromatic N) is 1. The molecule has 4 heteroatoms. The lowest BCUT2D eigenvalue weighted by Crippen LogP contribution is -2.66. The zero-order valence-corrected chi connectivity index (χ0v) is 26.0. The van der Waals surface area contributed by atoms with Gasteiger partial charge >= 0.3 is 0 Å². The first-order valence-electron chi connectivity index (χ1n) is 16.4. The fourth-order valence-electron chi connectivity index (χ4n) is 12.5. The number of rotatable bonds is 5. The molecular formula is C36H56NO3+. The molecule has 5 aliphatic carbocycles. The quantitative estimate of drug-likeness (QED) is 0.291. The van der Waals surface area contributed by atoms with Crippen LogP contribution in [0.1, 0.15) is 104 Å². The number of hydrogen-bond acceptors (Lipinski definition) is 3. The van der Waals surface area contributed by atoms with E-state index in [1.54, 1.807) is 0 Å². The zero-order chi connectivity index (χ0) is 28.7. The Morgan fingerprint density at radius 1 is 0.850 bits per heavy atom. The summed E-state index contributed by atoms with van der Waals surface area (Å²) in [5, 5.41) is 31.4. The smallest absolute Gasteiger partial charge is 0.169 e. The van der Waals surface area contributed by atoms with Crippen molar-refractivity contribution in [2.24, 2.45) is 56.7 Å². The van der Waals surface area contributed by atoms with Crippen molar-refractivity contribution in [1.29, 1.82) is 0 Å². The van der Waals surface area contributed by atoms with Crippen LogP contribution in [0.4, 0.5) is 0 Å². The molecular weight excluding hydrogens is 494 g/mol. The molecule has 10 atom stereocenters. The topological polar surface area (TPSA) is 64.6 Å². The van der Waals surface area contributed by atoms with Crippen LogP contribution in [-0.4, -0.2) is 28.0 Å². The molecule has 40 heavy (non-hydrogen) atoms. The molecule has 5 saturated carbocycles. The summed E-state index contributed by atoms with van der Waals surface area (Å²) in [6.45, 7) is 18.5. The highest BCUT2D eigenvalue weighted by molar-refractivity contribution is 5.22. The Balaban J connectivity index is 1.32. The summed E-state index contributed by atoms with van der Waals surface area (Å²) in [4.78, 5) is 0. The van der Waals surface area contributed by atoms with E-state index in [9.17, 15) is 15.3 Å². The van der Waals surface area contributed by atoms with E-state index in [0.717, 1.165) is 37.8 Å². The largest absolute Gasteiger partial charge is 0.396 e. The molecule has 6 rings (SSSR count). The first-order valence-corrected chi connectivity index (χ1v) is 16.4. The van der Waals surface area contributed by atoms with Gasteiger partial charge in [0.15, 0.2) is 18.9 Å². The van der Waals surface area contributed by atoms with Crippen molar-refractivity contribution in [2.45, 2.75) is 118 Å². The van der Waals surface area contributed by atoms with Gasteiger partial charge in [0.25, 0.3) is 0 Å². The monoisotopic (exact) mass is 550 g/mol. The second-order valence-corrected chi connectivity index (χ2v) is 16.4. The van der Waals surface area contributed by atoms with Gasteiger partial charge < -0.3 is 15.3 Å². The fraction of sp³-hybridized carbons (Fsp3) is 0.806. The van der Waals surface area contributed by atoms with Gasteiger partial charge in [-0.15, -0.1) is 0 Å². The lowest BCUT2D eigenvalue weighted by atomic mass is 9.32. The van der Waals surface area contributed by atoms with E-state index in [1.165, 1.54) is 44.1 Å². The molecule has 5 aliphatic rings. The van der Waals surface area contributed by atoms with E-state index in [-0.39, 0.29) is 29.0 Å². The predicted molar refractivity (Wildman–Crippen MR) is 159 cm³/mol. The van der Waals surface area contributed by atoms with Gasteiger partial charge in [-0.1, -0.05) is 41.2 Å². The number of hydrogen-bond donors (Lipinski definition) is 3. The van der Waals surface area contributed by atoms with E-state index < -0.39 is 0 Å². The second kappa shape index (κ2) is 9.64. The van der Waals surface area contributed by atoms with E-state index in [4.69, 9.17) is 6.58 Å². The van der Waals surface area contributed by atoms with Gasteiger partial charge in [0.1, 0.15) is 0 Å². The van der Waals surface area contributed by atoms with Crippen LogP contribution in [0.15, 0.2) is 36.7 Å². The van der Waals surface area contributed by atoms with Crippen LogP contribution in [0.3, 0.4) is 0 Å². The fourth-order valence-corrected chi connectivity index (χ4v) is 12.5.